The molecule has 2 nitrogen and oxygen atoms in total. The molecule has 0 amide bonds. The van der Waals surface area contributed by atoms with E-state index in [1.165, 1.54) is 0 Å². The lowest BCUT2D eigenvalue weighted by Crippen LogP contribution is -2.44. The van der Waals surface area contributed by atoms with Gasteiger partial charge in [-0.15, -0.1) is 0 Å². The predicted molar refractivity (Wildman–Crippen MR) is 50.3 cm³/mol. The number of Topliss-reactive ketones (excluding diaryl/α,β-unsaturated/α-hetero) is 1. The normalized spacial score (nSPS) is 19.7. The number of carbonyl (C=O) groups is 1. The fourth-order valence-electron chi connectivity index (χ4n) is 1.91. The molecular weight excluding hydrogens is 207 g/mol. The van der Waals surface area contributed by atoms with Gasteiger partial charge in [-0.1, -0.05) is 6.42 Å². The van der Waals surface area contributed by atoms with Gasteiger partial charge in [0.2, 0.25) is 0 Å². The van der Waals surface area contributed by atoms with Crippen molar-refractivity contribution in [2.75, 3.05) is 6.54 Å². The van der Waals surface area contributed by atoms with Gasteiger partial charge in [0, 0.05) is 24.8 Å². The average molecular weight is 223 g/mol. The topological polar surface area (TPSA) is 43.1 Å². The van der Waals surface area contributed by atoms with Crippen LogP contribution in [-0.2, 0) is 4.79 Å². The van der Waals surface area contributed by atoms with Crippen molar-refractivity contribution in [3.05, 3.63) is 0 Å². The van der Waals surface area contributed by atoms with Gasteiger partial charge >= 0.3 is 6.18 Å². The summed E-state index contributed by atoms with van der Waals surface area (Å²) >= 11 is 0. The molecule has 0 aromatic carbocycles. The molecule has 0 saturated heterocycles. The third-order valence-corrected chi connectivity index (χ3v) is 3.16. The maximum atomic E-state index is 11.8. The fourth-order valence-corrected chi connectivity index (χ4v) is 1.91. The minimum atomic E-state index is -4.16. The van der Waals surface area contributed by atoms with Crippen LogP contribution in [0.3, 0.4) is 0 Å². The number of halogens is 3. The lowest BCUT2D eigenvalue weighted by molar-refractivity contribution is -0.140. The van der Waals surface area contributed by atoms with E-state index in [1.54, 1.807) is 0 Å². The Hall–Kier alpha value is -0.580. The van der Waals surface area contributed by atoms with Gasteiger partial charge in [-0.3, -0.25) is 4.79 Å². The van der Waals surface area contributed by atoms with E-state index in [-0.39, 0.29) is 25.2 Å². The zero-order valence-electron chi connectivity index (χ0n) is 8.57. The smallest absolute Gasteiger partial charge is 0.329 e. The first-order chi connectivity index (χ1) is 6.90. The lowest BCUT2D eigenvalue weighted by Gasteiger charge is -2.39. The third-order valence-electron chi connectivity index (χ3n) is 3.16. The van der Waals surface area contributed by atoms with Crippen LogP contribution in [0.2, 0.25) is 0 Å². The van der Waals surface area contributed by atoms with Crippen molar-refractivity contribution in [2.24, 2.45) is 11.1 Å². The molecule has 0 spiro atoms. The highest BCUT2D eigenvalue weighted by molar-refractivity contribution is 5.85. The number of carbonyl (C=O) groups excluding carboxylic acids is 1. The molecule has 0 aromatic heterocycles. The highest BCUT2D eigenvalue weighted by Gasteiger charge is 2.42. The molecule has 0 heterocycles. The molecule has 1 aliphatic carbocycles. The first-order valence-corrected chi connectivity index (χ1v) is 5.20. The highest BCUT2D eigenvalue weighted by Crippen LogP contribution is 2.42. The molecule has 1 fully saturated rings. The predicted octanol–water partition coefficient (Wildman–Crippen LogP) is 2.42. The molecule has 88 valence electrons. The van der Waals surface area contributed by atoms with E-state index >= 15 is 0 Å². The number of rotatable bonds is 5. The standard InChI is InChI=1S/C10H16F3NO/c11-10(12,13)6-1-3-8(15)9(7-14)4-2-5-9/h1-7,14H2. The van der Waals surface area contributed by atoms with Crippen molar-refractivity contribution in [3.63, 3.8) is 0 Å². The van der Waals surface area contributed by atoms with Crippen LogP contribution in [0, 0.1) is 5.41 Å². The molecule has 15 heavy (non-hydrogen) atoms. The molecule has 0 radical (unpaired) electrons. The van der Waals surface area contributed by atoms with Crippen molar-refractivity contribution in [2.45, 2.75) is 44.7 Å². The van der Waals surface area contributed by atoms with E-state index in [4.69, 9.17) is 5.73 Å². The van der Waals surface area contributed by atoms with Crippen molar-refractivity contribution >= 4 is 5.78 Å². The second kappa shape index (κ2) is 4.51. The largest absolute Gasteiger partial charge is 0.389 e. The van der Waals surface area contributed by atoms with E-state index in [0.717, 1.165) is 19.3 Å². The van der Waals surface area contributed by atoms with Crippen molar-refractivity contribution in [1.82, 2.24) is 0 Å². The van der Waals surface area contributed by atoms with Crippen LogP contribution in [0.4, 0.5) is 13.2 Å². The van der Waals surface area contributed by atoms with Gasteiger partial charge in [-0.05, 0) is 19.3 Å². The van der Waals surface area contributed by atoms with Crippen LogP contribution in [-0.4, -0.2) is 18.5 Å². The maximum absolute atomic E-state index is 11.8. The Balaban J connectivity index is 2.30. The summed E-state index contributed by atoms with van der Waals surface area (Å²) < 4.78 is 35.5. The van der Waals surface area contributed by atoms with Crippen LogP contribution in [0.25, 0.3) is 0 Å². The van der Waals surface area contributed by atoms with E-state index in [0.29, 0.717) is 0 Å². The quantitative estimate of drug-likeness (QED) is 0.777. The summed E-state index contributed by atoms with van der Waals surface area (Å²) in [6.07, 6.45) is -2.68. The third kappa shape index (κ3) is 3.19. The average Bonchev–Trinajstić information content (AvgIpc) is 2.00. The van der Waals surface area contributed by atoms with Crippen LogP contribution in [0.15, 0.2) is 0 Å². The van der Waals surface area contributed by atoms with Crippen LogP contribution < -0.4 is 5.73 Å². The molecule has 0 aromatic rings. The van der Waals surface area contributed by atoms with Crippen LogP contribution >= 0.6 is 0 Å². The number of hydrogen-bond acceptors (Lipinski definition) is 2. The van der Waals surface area contributed by atoms with Gasteiger partial charge in [0.15, 0.2) is 0 Å². The molecular formula is C10H16F3NO. The van der Waals surface area contributed by atoms with Gasteiger partial charge in [0.05, 0.1) is 0 Å². The Bertz CT molecular complexity index is 228. The number of nitrogens with two attached hydrogens (primary N) is 1. The second-order valence-electron chi connectivity index (χ2n) is 4.23. The summed E-state index contributed by atoms with van der Waals surface area (Å²) in [5.41, 5.74) is 5.00. The Kier molecular flexibility index (Phi) is 3.76. The van der Waals surface area contributed by atoms with E-state index in [1.807, 2.05) is 0 Å². The molecule has 1 saturated carbocycles. The SMILES string of the molecule is NCC1(C(=O)CCCC(F)(F)F)CCC1. The Morgan fingerprint density at radius 1 is 1.33 bits per heavy atom. The van der Waals surface area contributed by atoms with Gasteiger partial charge in [-0.2, -0.15) is 13.2 Å². The summed E-state index contributed by atoms with van der Waals surface area (Å²) in [5.74, 6) is -0.0829. The van der Waals surface area contributed by atoms with Crippen molar-refractivity contribution < 1.29 is 18.0 Å². The molecule has 1 rings (SSSR count). The minimum Gasteiger partial charge on any atom is -0.329 e. The van der Waals surface area contributed by atoms with E-state index in [9.17, 15) is 18.0 Å². The Morgan fingerprint density at radius 3 is 2.27 bits per heavy atom. The van der Waals surface area contributed by atoms with Gasteiger partial charge in [-0.25, -0.2) is 0 Å². The molecule has 0 atom stereocenters. The van der Waals surface area contributed by atoms with Gasteiger partial charge < -0.3 is 5.73 Å². The molecule has 2 N–H and O–H groups in total. The first kappa shape index (κ1) is 12.5. The monoisotopic (exact) mass is 223 g/mol. The lowest BCUT2D eigenvalue weighted by atomic mass is 9.65. The molecule has 0 bridgehead atoms. The van der Waals surface area contributed by atoms with Crippen LogP contribution in [0.1, 0.15) is 38.5 Å². The zero-order valence-corrected chi connectivity index (χ0v) is 8.57. The van der Waals surface area contributed by atoms with Crippen molar-refractivity contribution in [1.29, 1.82) is 0 Å². The zero-order chi connectivity index (χ0) is 11.5. The number of alkyl halides is 3. The molecule has 5 heteroatoms. The second-order valence-corrected chi connectivity index (χ2v) is 4.23. The first-order valence-electron chi connectivity index (χ1n) is 5.20. The maximum Gasteiger partial charge on any atom is 0.389 e. The molecule has 1 aliphatic rings. The number of hydrogen-bond donors (Lipinski definition) is 1. The fraction of sp³-hybridized carbons (Fsp3) is 0.900. The minimum absolute atomic E-state index is 0.0106. The summed E-state index contributed by atoms with van der Waals surface area (Å²) in [7, 11) is 0. The van der Waals surface area contributed by atoms with Gasteiger partial charge in [0.1, 0.15) is 5.78 Å². The summed E-state index contributed by atoms with van der Waals surface area (Å²) in [6, 6.07) is 0. The molecule has 0 unspecified atom stereocenters. The van der Waals surface area contributed by atoms with E-state index < -0.39 is 18.0 Å². The van der Waals surface area contributed by atoms with Crippen molar-refractivity contribution in [3.8, 4) is 0 Å². The summed E-state index contributed by atoms with van der Waals surface area (Å²) in [4.78, 5) is 11.6. The summed E-state index contributed by atoms with van der Waals surface area (Å²) in [6.45, 7) is 0.276. The summed E-state index contributed by atoms with van der Waals surface area (Å²) in [5, 5.41) is 0. The number of ketones is 1. The van der Waals surface area contributed by atoms with E-state index in [2.05, 4.69) is 0 Å². The molecule has 0 aliphatic heterocycles. The highest BCUT2D eigenvalue weighted by atomic mass is 19.4. The Labute approximate surface area is 87.0 Å². The van der Waals surface area contributed by atoms with Crippen LogP contribution in [0.5, 0.6) is 0 Å². The Morgan fingerprint density at radius 2 is 1.93 bits per heavy atom. The van der Waals surface area contributed by atoms with Gasteiger partial charge in [0.25, 0.3) is 0 Å².